The Balaban J connectivity index is 3.07. The highest BCUT2D eigenvalue weighted by Gasteiger charge is 2.24. The molecule has 1 aromatic carbocycles. The average molecular weight is 288 g/mol. The number of non-ortho nitro benzene ring substituents is 1. The summed E-state index contributed by atoms with van der Waals surface area (Å²) in [5, 5.41) is 21.7. The first-order valence-corrected chi connectivity index (χ1v) is 5.85. The third-order valence-electron chi connectivity index (χ3n) is 2.56. The van der Waals surface area contributed by atoms with Crippen LogP contribution in [0.25, 0.3) is 0 Å². The molecule has 0 unspecified atom stereocenters. The summed E-state index contributed by atoms with van der Waals surface area (Å²) in [7, 11) is 0. The highest BCUT2D eigenvalue weighted by Crippen LogP contribution is 2.26. The highest BCUT2D eigenvalue weighted by molar-refractivity contribution is 5.77. The van der Waals surface area contributed by atoms with Crippen molar-refractivity contribution in [3.63, 3.8) is 0 Å². The van der Waals surface area contributed by atoms with Gasteiger partial charge < -0.3 is 10.4 Å². The number of hydrogen-bond donors (Lipinski definition) is 2. The first-order chi connectivity index (χ1) is 9.22. The summed E-state index contributed by atoms with van der Waals surface area (Å²) in [6.45, 7) is 3.53. The molecule has 1 atom stereocenters. The van der Waals surface area contributed by atoms with Crippen LogP contribution in [0.15, 0.2) is 12.1 Å². The molecule has 0 bridgehead atoms. The number of carbonyl (C=O) groups is 1. The van der Waals surface area contributed by atoms with E-state index in [1.54, 1.807) is 13.8 Å². The van der Waals surface area contributed by atoms with Gasteiger partial charge in [-0.05, 0) is 12.3 Å². The molecule has 0 fully saturated rings. The molecule has 1 rings (SSSR count). The average Bonchev–Trinajstić information content (AvgIpc) is 2.30. The van der Waals surface area contributed by atoms with Crippen LogP contribution in [0.5, 0.6) is 0 Å². The van der Waals surface area contributed by atoms with Gasteiger partial charge in [0, 0.05) is 0 Å². The Kier molecular flexibility index (Phi) is 4.95. The highest BCUT2D eigenvalue weighted by atomic mass is 19.1. The zero-order valence-electron chi connectivity index (χ0n) is 10.9. The summed E-state index contributed by atoms with van der Waals surface area (Å²) in [6.07, 6.45) is 0.158. The fraction of sp³-hybridized carbons (Fsp3) is 0.417. The van der Waals surface area contributed by atoms with Crippen molar-refractivity contribution in [2.24, 2.45) is 5.92 Å². The van der Waals surface area contributed by atoms with Gasteiger partial charge in [0.05, 0.1) is 17.1 Å². The second kappa shape index (κ2) is 6.27. The molecule has 0 aromatic heterocycles. The number of nitrogens with zero attached hydrogens (tertiary/aromatic N) is 1. The second-order valence-corrected chi connectivity index (χ2v) is 4.71. The van der Waals surface area contributed by atoms with E-state index in [1.807, 2.05) is 0 Å². The Morgan fingerprint density at radius 3 is 2.25 bits per heavy atom. The zero-order valence-corrected chi connectivity index (χ0v) is 10.9. The van der Waals surface area contributed by atoms with E-state index >= 15 is 0 Å². The van der Waals surface area contributed by atoms with Crippen molar-refractivity contribution in [1.29, 1.82) is 0 Å². The molecule has 0 spiro atoms. The number of nitro groups is 1. The molecule has 0 aliphatic heterocycles. The van der Waals surface area contributed by atoms with Gasteiger partial charge >= 0.3 is 5.97 Å². The third-order valence-corrected chi connectivity index (χ3v) is 2.56. The minimum Gasteiger partial charge on any atom is -0.480 e. The summed E-state index contributed by atoms with van der Waals surface area (Å²) in [4.78, 5) is 20.5. The monoisotopic (exact) mass is 288 g/mol. The molecule has 6 nitrogen and oxygen atoms in total. The van der Waals surface area contributed by atoms with Gasteiger partial charge in [-0.2, -0.15) is 0 Å². The molecule has 110 valence electrons. The minimum absolute atomic E-state index is 0.00669. The second-order valence-electron chi connectivity index (χ2n) is 4.71. The van der Waals surface area contributed by atoms with Crippen molar-refractivity contribution in [3.8, 4) is 0 Å². The fourth-order valence-corrected chi connectivity index (χ4v) is 1.67. The maximum atomic E-state index is 13.6. The summed E-state index contributed by atoms with van der Waals surface area (Å²) in [6, 6.07) is -0.0974. The Hall–Kier alpha value is -2.25. The van der Waals surface area contributed by atoms with Crippen LogP contribution in [0.4, 0.5) is 20.2 Å². The van der Waals surface area contributed by atoms with Gasteiger partial charge in [0.2, 0.25) is 0 Å². The van der Waals surface area contributed by atoms with E-state index in [2.05, 4.69) is 5.32 Å². The number of rotatable bonds is 6. The quantitative estimate of drug-likeness (QED) is 0.620. The van der Waals surface area contributed by atoms with Gasteiger partial charge in [-0.25, -0.2) is 13.6 Å². The molecule has 2 N–H and O–H groups in total. The van der Waals surface area contributed by atoms with Crippen molar-refractivity contribution in [3.05, 3.63) is 33.9 Å². The summed E-state index contributed by atoms with van der Waals surface area (Å²) in [5.74, 6) is -3.66. The van der Waals surface area contributed by atoms with Gasteiger partial charge in [-0.3, -0.25) is 10.1 Å². The standard InChI is InChI=1S/C12H14F2N2O4/c1-6(2)3-10(12(17)18)15-11-8(13)4-7(16(19)20)5-9(11)14/h4-6,10,15H,3H2,1-2H3,(H,17,18)/t10-/m1/s1. The molecule has 20 heavy (non-hydrogen) atoms. The number of carboxylic acid groups (broad SMARTS) is 1. The molecule has 1 aromatic rings. The van der Waals surface area contributed by atoms with E-state index in [-0.39, 0.29) is 12.3 Å². The fourth-order valence-electron chi connectivity index (χ4n) is 1.67. The van der Waals surface area contributed by atoms with Crippen LogP contribution in [0, 0.1) is 27.7 Å². The number of hydrogen-bond acceptors (Lipinski definition) is 4. The molecule has 0 radical (unpaired) electrons. The van der Waals surface area contributed by atoms with E-state index in [0.717, 1.165) is 0 Å². The Bertz CT molecular complexity index is 511. The Labute approximate surface area is 113 Å². The van der Waals surface area contributed by atoms with Gasteiger partial charge in [0.15, 0.2) is 11.6 Å². The smallest absolute Gasteiger partial charge is 0.326 e. The lowest BCUT2D eigenvalue weighted by Crippen LogP contribution is -2.31. The molecule has 0 saturated heterocycles. The van der Waals surface area contributed by atoms with Gasteiger partial charge in [0.1, 0.15) is 11.7 Å². The van der Waals surface area contributed by atoms with Crippen LogP contribution >= 0.6 is 0 Å². The lowest BCUT2D eigenvalue weighted by atomic mass is 10.0. The third kappa shape index (κ3) is 3.87. The number of carboxylic acids is 1. The minimum atomic E-state index is -1.25. The van der Waals surface area contributed by atoms with Gasteiger partial charge in [-0.15, -0.1) is 0 Å². The maximum Gasteiger partial charge on any atom is 0.326 e. The van der Waals surface area contributed by atoms with E-state index in [4.69, 9.17) is 5.11 Å². The predicted octanol–water partition coefficient (Wildman–Crippen LogP) is 2.78. The number of aliphatic carboxylic acids is 1. The molecule has 8 heteroatoms. The number of halogens is 2. The molecular formula is C12H14F2N2O4. The lowest BCUT2D eigenvalue weighted by Gasteiger charge is -2.18. The van der Waals surface area contributed by atoms with Crippen molar-refractivity contribution in [1.82, 2.24) is 0 Å². The SMILES string of the molecule is CC(C)C[C@@H](Nc1c(F)cc([N+](=O)[O-])cc1F)C(=O)O. The Morgan fingerprint density at radius 2 is 1.90 bits per heavy atom. The van der Waals surface area contributed by atoms with Crippen LogP contribution in [-0.2, 0) is 4.79 Å². The first-order valence-electron chi connectivity index (χ1n) is 5.85. The number of anilines is 1. The number of nitro benzene ring substituents is 1. The van der Waals surface area contributed by atoms with Crippen molar-refractivity contribution in [2.45, 2.75) is 26.3 Å². The van der Waals surface area contributed by atoms with Gasteiger partial charge in [-0.1, -0.05) is 13.8 Å². The molecule has 0 aliphatic carbocycles. The van der Waals surface area contributed by atoms with E-state index in [1.165, 1.54) is 0 Å². The molecule has 0 aliphatic rings. The number of benzene rings is 1. The van der Waals surface area contributed by atoms with E-state index in [0.29, 0.717) is 12.1 Å². The lowest BCUT2D eigenvalue weighted by molar-refractivity contribution is -0.385. The molecule has 0 heterocycles. The molecule has 0 saturated carbocycles. The summed E-state index contributed by atoms with van der Waals surface area (Å²) in [5.41, 5.74) is -1.41. The summed E-state index contributed by atoms with van der Waals surface area (Å²) < 4.78 is 27.3. The van der Waals surface area contributed by atoms with E-state index in [9.17, 15) is 23.7 Å². The maximum absolute atomic E-state index is 13.6. The molecular weight excluding hydrogens is 274 g/mol. The van der Waals surface area contributed by atoms with Crippen LogP contribution in [0.3, 0.4) is 0 Å². The first kappa shape index (κ1) is 15.8. The Morgan fingerprint density at radius 1 is 1.40 bits per heavy atom. The van der Waals surface area contributed by atoms with Crippen molar-refractivity contribution in [2.75, 3.05) is 5.32 Å². The largest absolute Gasteiger partial charge is 0.480 e. The van der Waals surface area contributed by atoms with Crippen LogP contribution in [0.1, 0.15) is 20.3 Å². The van der Waals surface area contributed by atoms with Crippen molar-refractivity contribution >= 4 is 17.3 Å². The van der Waals surface area contributed by atoms with Crippen LogP contribution < -0.4 is 5.32 Å². The normalized spacial score (nSPS) is 12.2. The predicted molar refractivity (Wildman–Crippen MR) is 67.5 cm³/mol. The van der Waals surface area contributed by atoms with E-state index < -0.39 is 39.9 Å². The zero-order chi connectivity index (χ0) is 15.4. The van der Waals surface area contributed by atoms with Gasteiger partial charge in [0.25, 0.3) is 5.69 Å². The van der Waals surface area contributed by atoms with Crippen LogP contribution in [-0.4, -0.2) is 22.0 Å². The topological polar surface area (TPSA) is 92.5 Å². The molecule has 0 amide bonds. The van der Waals surface area contributed by atoms with Crippen LogP contribution in [0.2, 0.25) is 0 Å². The number of nitrogens with one attached hydrogen (secondary N) is 1. The summed E-state index contributed by atoms with van der Waals surface area (Å²) >= 11 is 0. The van der Waals surface area contributed by atoms with Crippen molar-refractivity contribution < 1.29 is 23.6 Å².